The topological polar surface area (TPSA) is 90.4 Å². The number of anilines is 1. The van der Waals surface area contributed by atoms with Crippen molar-refractivity contribution in [3.63, 3.8) is 0 Å². The Morgan fingerprint density at radius 3 is 2.76 bits per heavy atom. The van der Waals surface area contributed by atoms with Crippen LogP contribution in [-0.2, 0) is 6.42 Å². The maximum Gasteiger partial charge on any atom is 0.311 e. The third-order valence-electron chi connectivity index (χ3n) is 3.26. The summed E-state index contributed by atoms with van der Waals surface area (Å²) in [5.41, 5.74) is 2.69. The van der Waals surface area contributed by atoms with Crippen LogP contribution in [-0.4, -0.2) is 23.7 Å². The van der Waals surface area contributed by atoms with E-state index in [2.05, 4.69) is 10.5 Å². The summed E-state index contributed by atoms with van der Waals surface area (Å²) in [5.74, 6) is 1.05. The molecular formula is C14H17N3O4. The summed E-state index contributed by atoms with van der Waals surface area (Å²) >= 11 is 0. The van der Waals surface area contributed by atoms with E-state index in [0.29, 0.717) is 6.54 Å². The number of nitro groups is 1. The van der Waals surface area contributed by atoms with Crippen molar-refractivity contribution in [2.75, 3.05) is 19.0 Å². The molecule has 0 aliphatic heterocycles. The summed E-state index contributed by atoms with van der Waals surface area (Å²) in [6, 6.07) is 4.70. The van der Waals surface area contributed by atoms with Gasteiger partial charge in [0, 0.05) is 29.9 Å². The van der Waals surface area contributed by atoms with E-state index < -0.39 is 4.92 Å². The van der Waals surface area contributed by atoms with Crippen molar-refractivity contribution in [2.45, 2.75) is 20.3 Å². The maximum absolute atomic E-state index is 10.8. The number of hydrogen-bond donors (Lipinski definition) is 1. The van der Waals surface area contributed by atoms with Gasteiger partial charge in [0.05, 0.1) is 17.7 Å². The van der Waals surface area contributed by atoms with Crippen molar-refractivity contribution < 1.29 is 14.2 Å². The van der Waals surface area contributed by atoms with E-state index in [1.54, 1.807) is 12.1 Å². The first kappa shape index (κ1) is 14.8. The molecule has 7 nitrogen and oxygen atoms in total. The number of hydrogen-bond acceptors (Lipinski definition) is 6. The Balaban J connectivity index is 2.02. The summed E-state index contributed by atoms with van der Waals surface area (Å²) in [5, 5.41) is 17.9. The Kier molecular flexibility index (Phi) is 4.42. The SMILES string of the molecule is COc1cc(NCCc2c(C)noc2C)ccc1[N+](=O)[O-]. The number of methoxy groups -OCH3 is 1. The molecule has 2 aromatic rings. The summed E-state index contributed by atoms with van der Waals surface area (Å²) in [4.78, 5) is 10.4. The van der Waals surface area contributed by atoms with Crippen LogP contribution in [0.2, 0.25) is 0 Å². The summed E-state index contributed by atoms with van der Waals surface area (Å²) in [7, 11) is 1.41. The molecule has 0 atom stereocenters. The third-order valence-corrected chi connectivity index (χ3v) is 3.26. The second kappa shape index (κ2) is 6.25. The van der Waals surface area contributed by atoms with Gasteiger partial charge in [0.2, 0.25) is 0 Å². The Hall–Kier alpha value is -2.57. The van der Waals surface area contributed by atoms with Gasteiger partial charge in [-0.1, -0.05) is 5.16 Å². The van der Waals surface area contributed by atoms with Gasteiger partial charge in [0.25, 0.3) is 0 Å². The van der Waals surface area contributed by atoms with Crippen LogP contribution in [0.4, 0.5) is 11.4 Å². The molecular weight excluding hydrogens is 274 g/mol. The minimum absolute atomic E-state index is 0.0474. The molecule has 0 saturated carbocycles. The van der Waals surface area contributed by atoms with Gasteiger partial charge in [-0.05, 0) is 26.3 Å². The Labute approximate surface area is 122 Å². The molecule has 1 heterocycles. The average Bonchev–Trinajstić information content (AvgIpc) is 2.78. The predicted octanol–water partition coefficient (Wildman–Crippen LogP) is 2.86. The monoisotopic (exact) mass is 291 g/mol. The molecule has 1 aromatic heterocycles. The van der Waals surface area contributed by atoms with E-state index in [1.807, 2.05) is 13.8 Å². The van der Waals surface area contributed by atoms with Crippen molar-refractivity contribution in [3.05, 3.63) is 45.3 Å². The molecule has 112 valence electrons. The van der Waals surface area contributed by atoms with Gasteiger partial charge < -0.3 is 14.6 Å². The minimum atomic E-state index is -0.466. The molecule has 0 fully saturated rings. The lowest BCUT2D eigenvalue weighted by Crippen LogP contribution is -2.06. The molecule has 0 aliphatic rings. The Morgan fingerprint density at radius 1 is 1.43 bits per heavy atom. The van der Waals surface area contributed by atoms with Crippen LogP contribution in [0.3, 0.4) is 0 Å². The van der Waals surface area contributed by atoms with Gasteiger partial charge >= 0.3 is 5.69 Å². The summed E-state index contributed by atoms with van der Waals surface area (Å²) in [6.07, 6.45) is 0.764. The lowest BCUT2D eigenvalue weighted by molar-refractivity contribution is -0.385. The zero-order chi connectivity index (χ0) is 15.4. The number of ether oxygens (including phenoxy) is 1. The number of nitrogens with zero attached hydrogens (tertiary/aromatic N) is 2. The zero-order valence-corrected chi connectivity index (χ0v) is 12.2. The lowest BCUT2D eigenvalue weighted by Gasteiger charge is -2.08. The Bertz CT molecular complexity index is 632. The van der Waals surface area contributed by atoms with Crippen LogP contribution < -0.4 is 10.1 Å². The van der Waals surface area contributed by atoms with Crippen molar-refractivity contribution in [1.82, 2.24) is 5.16 Å². The van der Waals surface area contributed by atoms with E-state index in [9.17, 15) is 10.1 Å². The van der Waals surface area contributed by atoms with Crippen LogP contribution in [0.5, 0.6) is 5.75 Å². The molecule has 0 spiro atoms. The van der Waals surface area contributed by atoms with E-state index in [4.69, 9.17) is 9.26 Å². The van der Waals surface area contributed by atoms with Crippen LogP contribution in [0.25, 0.3) is 0 Å². The largest absolute Gasteiger partial charge is 0.490 e. The highest BCUT2D eigenvalue weighted by Crippen LogP contribution is 2.29. The molecule has 21 heavy (non-hydrogen) atoms. The molecule has 0 amide bonds. The number of aryl methyl sites for hydroxylation is 2. The molecule has 1 N–H and O–H groups in total. The predicted molar refractivity (Wildman–Crippen MR) is 77.8 cm³/mol. The highest BCUT2D eigenvalue weighted by atomic mass is 16.6. The minimum Gasteiger partial charge on any atom is -0.490 e. The van der Waals surface area contributed by atoms with Crippen molar-refractivity contribution in [1.29, 1.82) is 0 Å². The molecule has 0 aliphatic carbocycles. The van der Waals surface area contributed by atoms with Crippen LogP contribution >= 0.6 is 0 Å². The van der Waals surface area contributed by atoms with Crippen molar-refractivity contribution >= 4 is 11.4 Å². The number of aromatic nitrogens is 1. The van der Waals surface area contributed by atoms with Crippen LogP contribution in [0, 0.1) is 24.0 Å². The summed E-state index contributed by atoms with van der Waals surface area (Å²) < 4.78 is 10.1. The van der Waals surface area contributed by atoms with Gasteiger partial charge in [0.15, 0.2) is 5.75 Å². The fraction of sp³-hybridized carbons (Fsp3) is 0.357. The molecule has 0 unspecified atom stereocenters. The van der Waals surface area contributed by atoms with Crippen molar-refractivity contribution in [2.24, 2.45) is 0 Å². The maximum atomic E-state index is 10.8. The first-order valence-corrected chi connectivity index (χ1v) is 6.51. The van der Waals surface area contributed by atoms with Gasteiger partial charge in [-0.25, -0.2) is 0 Å². The zero-order valence-electron chi connectivity index (χ0n) is 12.2. The van der Waals surface area contributed by atoms with Crippen LogP contribution in [0.15, 0.2) is 22.7 Å². The normalized spacial score (nSPS) is 10.4. The molecule has 0 radical (unpaired) electrons. The average molecular weight is 291 g/mol. The highest BCUT2D eigenvalue weighted by Gasteiger charge is 2.14. The number of nitro benzene ring substituents is 1. The second-order valence-electron chi connectivity index (χ2n) is 4.62. The second-order valence-corrected chi connectivity index (χ2v) is 4.62. The van der Waals surface area contributed by atoms with Gasteiger partial charge in [-0.15, -0.1) is 0 Å². The number of rotatable bonds is 6. The van der Waals surface area contributed by atoms with Gasteiger partial charge in [-0.2, -0.15) is 0 Å². The first-order valence-electron chi connectivity index (χ1n) is 6.51. The van der Waals surface area contributed by atoms with E-state index in [1.165, 1.54) is 13.2 Å². The van der Waals surface area contributed by atoms with E-state index in [-0.39, 0.29) is 11.4 Å². The molecule has 0 saturated heterocycles. The third kappa shape index (κ3) is 3.31. The lowest BCUT2D eigenvalue weighted by atomic mass is 10.1. The fourth-order valence-corrected chi connectivity index (χ4v) is 2.13. The standard InChI is InChI=1S/C14H17N3O4/c1-9-12(10(2)21-16-9)6-7-15-11-4-5-13(17(18)19)14(8-11)20-3/h4-5,8,15H,6-7H2,1-3H3. The van der Waals surface area contributed by atoms with Crippen molar-refractivity contribution in [3.8, 4) is 5.75 Å². The quantitative estimate of drug-likeness (QED) is 0.650. The molecule has 2 rings (SSSR count). The Morgan fingerprint density at radius 2 is 2.19 bits per heavy atom. The fourth-order valence-electron chi connectivity index (χ4n) is 2.13. The van der Waals surface area contributed by atoms with Gasteiger partial charge in [0.1, 0.15) is 5.76 Å². The molecule has 0 bridgehead atoms. The highest BCUT2D eigenvalue weighted by molar-refractivity contribution is 5.58. The van der Waals surface area contributed by atoms with E-state index in [0.717, 1.165) is 29.1 Å². The smallest absolute Gasteiger partial charge is 0.311 e. The number of nitrogens with one attached hydrogen (secondary N) is 1. The molecule has 1 aromatic carbocycles. The van der Waals surface area contributed by atoms with Crippen LogP contribution in [0.1, 0.15) is 17.0 Å². The molecule has 7 heteroatoms. The number of benzene rings is 1. The summed E-state index contributed by atoms with van der Waals surface area (Å²) in [6.45, 7) is 4.45. The first-order chi connectivity index (χ1) is 10.0. The van der Waals surface area contributed by atoms with E-state index >= 15 is 0 Å². The van der Waals surface area contributed by atoms with Gasteiger partial charge in [-0.3, -0.25) is 10.1 Å².